The summed E-state index contributed by atoms with van der Waals surface area (Å²) in [4.78, 5) is 0. The Bertz CT molecular complexity index is 1040. The molecule has 3 rings (SSSR count). The lowest BCUT2D eigenvalue weighted by atomic mass is 10.0. The molecule has 1 heterocycles. The smallest absolute Gasteiger partial charge is 0.236 e. The minimum Gasteiger partial charge on any atom is -0.283 e. The van der Waals surface area contributed by atoms with Crippen LogP contribution in [0.2, 0.25) is 5.02 Å². The monoisotopic (exact) mass is 428 g/mol. The summed E-state index contributed by atoms with van der Waals surface area (Å²) in [7, 11) is -6.94. The largest absolute Gasteiger partial charge is 0.283 e. The first-order valence-electron chi connectivity index (χ1n) is 8.58. The molecule has 0 bridgehead atoms. The van der Waals surface area contributed by atoms with Gasteiger partial charge in [0.25, 0.3) is 0 Å². The summed E-state index contributed by atoms with van der Waals surface area (Å²) in [5.41, 5.74) is 2.51. The second-order valence-electron chi connectivity index (χ2n) is 6.41. The first kappa shape index (κ1) is 20.0. The molecule has 0 aromatic heterocycles. The number of benzene rings is 2. The molecule has 0 spiro atoms. The van der Waals surface area contributed by atoms with Gasteiger partial charge in [0.15, 0.2) is 0 Å². The number of anilines is 2. The van der Waals surface area contributed by atoms with Crippen molar-refractivity contribution in [3.63, 3.8) is 0 Å². The normalized spacial score (nSPS) is 14.7. The van der Waals surface area contributed by atoms with Crippen LogP contribution in [0.5, 0.6) is 0 Å². The summed E-state index contributed by atoms with van der Waals surface area (Å²) in [6.45, 7) is 2.06. The molecule has 6 nitrogen and oxygen atoms in total. The Hall–Kier alpha value is -1.77. The lowest BCUT2D eigenvalue weighted by Crippen LogP contribution is -2.36. The van der Waals surface area contributed by atoms with E-state index in [1.165, 1.54) is 4.31 Å². The van der Waals surface area contributed by atoms with Crippen LogP contribution in [0.1, 0.15) is 24.5 Å². The Morgan fingerprint density at radius 1 is 1.07 bits per heavy atom. The van der Waals surface area contributed by atoms with Gasteiger partial charge in [-0.1, -0.05) is 23.7 Å². The molecule has 0 unspecified atom stereocenters. The first-order chi connectivity index (χ1) is 12.7. The zero-order valence-corrected chi connectivity index (χ0v) is 17.2. The molecular formula is C18H21ClN2O4S2. The van der Waals surface area contributed by atoms with Gasteiger partial charge >= 0.3 is 0 Å². The van der Waals surface area contributed by atoms with Crippen LogP contribution in [-0.2, 0) is 32.2 Å². The van der Waals surface area contributed by atoms with Gasteiger partial charge < -0.3 is 0 Å². The van der Waals surface area contributed by atoms with Gasteiger partial charge in [0.2, 0.25) is 20.0 Å². The summed E-state index contributed by atoms with van der Waals surface area (Å²) in [5, 5.41) is 0.547. The number of nitrogens with one attached hydrogen (secondary N) is 1. The Morgan fingerprint density at radius 3 is 2.44 bits per heavy atom. The third-order valence-corrected chi connectivity index (χ3v) is 7.69. The fourth-order valence-electron chi connectivity index (χ4n) is 3.09. The van der Waals surface area contributed by atoms with Crippen molar-refractivity contribution in [1.82, 2.24) is 0 Å². The maximum atomic E-state index is 12.4. The summed E-state index contributed by atoms with van der Waals surface area (Å²) >= 11 is 5.82. The molecule has 1 aliphatic heterocycles. The molecule has 0 radical (unpaired) electrons. The van der Waals surface area contributed by atoms with Crippen LogP contribution in [0, 0.1) is 0 Å². The van der Waals surface area contributed by atoms with E-state index >= 15 is 0 Å². The number of hydrogen-bond donors (Lipinski definition) is 1. The van der Waals surface area contributed by atoms with Crippen LogP contribution >= 0.6 is 11.6 Å². The summed E-state index contributed by atoms with van der Waals surface area (Å²) < 4.78 is 53.4. The highest BCUT2D eigenvalue weighted by Gasteiger charge is 2.26. The van der Waals surface area contributed by atoms with E-state index in [-0.39, 0.29) is 11.5 Å². The van der Waals surface area contributed by atoms with E-state index in [1.54, 1.807) is 49.4 Å². The zero-order valence-electron chi connectivity index (χ0n) is 14.9. The lowest BCUT2D eigenvalue weighted by molar-refractivity contribution is 0.587. The predicted molar refractivity (Wildman–Crippen MR) is 109 cm³/mol. The van der Waals surface area contributed by atoms with Crippen molar-refractivity contribution in [3.8, 4) is 0 Å². The third-order valence-electron chi connectivity index (χ3n) is 4.40. The second-order valence-corrected chi connectivity index (χ2v) is 10.7. The molecule has 0 aliphatic carbocycles. The number of hydrogen-bond acceptors (Lipinski definition) is 4. The van der Waals surface area contributed by atoms with Gasteiger partial charge in [-0.3, -0.25) is 9.03 Å². The molecule has 27 heavy (non-hydrogen) atoms. The van der Waals surface area contributed by atoms with E-state index in [0.717, 1.165) is 5.56 Å². The first-order valence-corrected chi connectivity index (χ1v) is 12.2. The molecule has 0 saturated heterocycles. The molecule has 0 atom stereocenters. The van der Waals surface area contributed by atoms with Crippen molar-refractivity contribution in [2.75, 3.05) is 21.3 Å². The van der Waals surface area contributed by atoms with Crippen molar-refractivity contribution < 1.29 is 16.8 Å². The molecule has 9 heteroatoms. The number of fused-ring (bicyclic) bond motifs is 1. The van der Waals surface area contributed by atoms with Gasteiger partial charge in [-0.05, 0) is 61.2 Å². The van der Waals surface area contributed by atoms with Gasteiger partial charge in [0.1, 0.15) is 0 Å². The molecule has 146 valence electrons. The highest BCUT2D eigenvalue weighted by molar-refractivity contribution is 7.92. The molecule has 1 N–H and O–H groups in total. The molecule has 0 fully saturated rings. The van der Waals surface area contributed by atoms with Gasteiger partial charge in [-0.15, -0.1) is 0 Å². The fraction of sp³-hybridized carbons (Fsp3) is 0.333. The highest BCUT2D eigenvalue weighted by atomic mass is 35.5. The van der Waals surface area contributed by atoms with E-state index in [2.05, 4.69) is 4.72 Å². The van der Waals surface area contributed by atoms with Gasteiger partial charge in [-0.2, -0.15) is 0 Å². The SMILES string of the molecule is CCS(=O)(=O)N1CCCc2cc(NS(=O)(=O)Cc3ccc(Cl)cc3)ccc21. The molecule has 0 amide bonds. The Kier molecular flexibility index (Phi) is 5.69. The molecular weight excluding hydrogens is 408 g/mol. The molecule has 1 aliphatic rings. The van der Waals surface area contributed by atoms with Gasteiger partial charge in [0, 0.05) is 17.3 Å². The predicted octanol–water partition coefficient (Wildman–Crippen LogP) is 3.38. The second kappa shape index (κ2) is 7.69. The Labute approximate surface area is 165 Å². The maximum absolute atomic E-state index is 12.4. The van der Waals surface area contributed by atoms with Gasteiger partial charge in [0.05, 0.1) is 17.2 Å². The zero-order chi connectivity index (χ0) is 19.7. The quantitative estimate of drug-likeness (QED) is 0.764. The van der Waals surface area contributed by atoms with Crippen LogP contribution in [-0.4, -0.2) is 29.1 Å². The standard InChI is InChI=1S/C18H21ClN2O4S2/c1-2-27(24,25)21-11-3-4-15-12-17(9-10-18(15)21)20-26(22,23)13-14-5-7-16(19)8-6-14/h5-10,12,20H,2-4,11,13H2,1H3. The number of sulfonamides is 2. The van der Waals surface area contributed by atoms with Crippen LogP contribution in [0.15, 0.2) is 42.5 Å². The van der Waals surface area contributed by atoms with Crippen molar-refractivity contribution >= 4 is 43.0 Å². The van der Waals surface area contributed by atoms with Crippen LogP contribution in [0.4, 0.5) is 11.4 Å². The lowest BCUT2D eigenvalue weighted by Gasteiger charge is -2.30. The summed E-state index contributed by atoms with van der Waals surface area (Å²) in [6, 6.07) is 11.6. The molecule has 2 aromatic rings. The Balaban J connectivity index is 1.81. The minimum absolute atomic E-state index is 0.0297. The summed E-state index contributed by atoms with van der Waals surface area (Å²) in [5.74, 6) is -0.139. The highest BCUT2D eigenvalue weighted by Crippen LogP contribution is 2.32. The van der Waals surface area contributed by atoms with E-state index in [1.807, 2.05) is 0 Å². The van der Waals surface area contributed by atoms with E-state index in [9.17, 15) is 16.8 Å². The van der Waals surface area contributed by atoms with E-state index in [0.29, 0.717) is 41.3 Å². The van der Waals surface area contributed by atoms with Gasteiger partial charge in [-0.25, -0.2) is 16.8 Å². The summed E-state index contributed by atoms with van der Waals surface area (Å²) in [6.07, 6.45) is 1.41. The minimum atomic E-state index is -3.60. The number of rotatable bonds is 6. The van der Waals surface area contributed by atoms with Crippen molar-refractivity contribution in [2.24, 2.45) is 0 Å². The molecule has 2 aromatic carbocycles. The maximum Gasteiger partial charge on any atom is 0.236 e. The van der Waals surface area contributed by atoms with Crippen LogP contribution in [0.3, 0.4) is 0 Å². The van der Waals surface area contributed by atoms with E-state index < -0.39 is 20.0 Å². The van der Waals surface area contributed by atoms with Crippen molar-refractivity contribution in [1.29, 1.82) is 0 Å². The molecule has 0 saturated carbocycles. The van der Waals surface area contributed by atoms with Crippen molar-refractivity contribution in [3.05, 3.63) is 58.6 Å². The topological polar surface area (TPSA) is 83.6 Å². The van der Waals surface area contributed by atoms with E-state index in [4.69, 9.17) is 11.6 Å². The number of nitrogens with zero attached hydrogens (tertiary/aromatic N) is 1. The number of aryl methyl sites for hydroxylation is 1. The average molecular weight is 429 g/mol. The Morgan fingerprint density at radius 2 is 1.78 bits per heavy atom. The third kappa shape index (κ3) is 4.75. The number of halogens is 1. The van der Waals surface area contributed by atoms with Crippen LogP contribution in [0.25, 0.3) is 0 Å². The average Bonchev–Trinajstić information content (AvgIpc) is 2.62. The van der Waals surface area contributed by atoms with Crippen LogP contribution < -0.4 is 9.03 Å². The fourth-order valence-corrected chi connectivity index (χ4v) is 5.60. The van der Waals surface area contributed by atoms with Crippen molar-refractivity contribution in [2.45, 2.75) is 25.5 Å².